The first-order chi connectivity index (χ1) is 42.7. The van der Waals surface area contributed by atoms with Crippen LogP contribution in [0, 0.1) is 0 Å². The fourth-order valence-corrected chi connectivity index (χ4v) is 14.8. The molecule has 0 fully saturated rings. The summed E-state index contributed by atoms with van der Waals surface area (Å²) in [5.41, 5.74) is 21.7. The van der Waals surface area contributed by atoms with Crippen LogP contribution in [0.3, 0.4) is 0 Å². The molecule has 2 aromatic heterocycles. The minimum absolute atomic E-state index is 0.0266. The van der Waals surface area contributed by atoms with Crippen LogP contribution < -0.4 is 51.7 Å². The minimum atomic E-state index is -0.0341. The average Bonchev–Trinajstić information content (AvgIpc) is 2.87. The van der Waals surface area contributed by atoms with E-state index in [1.54, 1.807) is 0 Å². The van der Waals surface area contributed by atoms with Crippen LogP contribution in [-0.4, -0.2) is 22.6 Å². The number of benzene rings is 13. The first-order valence-electron chi connectivity index (χ1n) is 29.5. The summed E-state index contributed by atoms with van der Waals surface area (Å²) in [6.45, 7) is -0.0606. The van der Waals surface area contributed by atoms with E-state index in [9.17, 15) is 0 Å². The first-order valence-corrected chi connectivity index (χ1v) is 29.5. The SMILES string of the molecule is c1ccc(-n2c3c(-c4ccccc4-c4cc5c6c(c4)Oc4ccccc4B6c4ccccc4O5)cccc3c3c2c(-c2ccccc2-c2cc4c5c(c2)Oc2ccccc2B5c2ccccc2O4)cc2c4ccccc4n(-c4ccccc4)c23)cc1. The van der Waals surface area contributed by atoms with Gasteiger partial charge in [-0.05, 0) is 140 Å². The maximum Gasteiger partial charge on any atom is 0.260 e. The molecule has 86 heavy (non-hydrogen) atoms. The lowest BCUT2D eigenvalue weighted by Crippen LogP contribution is -2.57. The van der Waals surface area contributed by atoms with Crippen molar-refractivity contribution in [3.63, 3.8) is 0 Å². The predicted molar refractivity (Wildman–Crippen MR) is 352 cm³/mol. The van der Waals surface area contributed by atoms with Crippen molar-refractivity contribution in [1.82, 2.24) is 9.13 Å². The molecule has 4 aliphatic heterocycles. The molecule has 13 aromatic carbocycles. The predicted octanol–water partition coefficient (Wildman–Crippen LogP) is 16.0. The van der Waals surface area contributed by atoms with Gasteiger partial charge >= 0.3 is 0 Å². The average molecular weight is 1100 g/mol. The zero-order valence-electron chi connectivity index (χ0n) is 46.2. The normalized spacial score (nSPS) is 13.0. The third-order valence-corrected chi connectivity index (χ3v) is 18.4. The van der Waals surface area contributed by atoms with Crippen LogP contribution in [0.1, 0.15) is 0 Å². The zero-order valence-corrected chi connectivity index (χ0v) is 46.2. The molecule has 4 aliphatic rings. The molecule has 0 atom stereocenters. The smallest absolute Gasteiger partial charge is 0.260 e. The van der Waals surface area contributed by atoms with Crippen molar-refractivity contribution >= 4 is 89.8 Å². The minimum Gasteiger partial charge on any atom is -0.458 e. The number of hydrogen-bond acceptors (Lipinski definition) is 4. The molecule has 0 N–H and O–H groups in total. The quantitative estimate of drug-likeness (QED) is 0.156. The summed E-state index contributed by atoms with van der Waals surface area (Å²) in [6, 6.07) is 100. The van der Waals surface area contributed by atoms with Crippen LogP contribution in [0.2, 0.25) is 0 Å². The molecular formula is C78H46B2N2O4. The maximum absolute atomic E-state index is 6.96. The summed E-state index contributed by atoms with van der Waals surface area (Å²) in [6.07, 6.45) is 0. The van der Waals surface area contributed by atoms with Crippen molar-refractivity contribution < 1.29 is 18.9 Å². The third-order valence-electron chi connectivity index (χ3n) is 18.4. The van der Waals surface area contributed by atoms with Gasteiger partial charge in [0, 0.05) is 55.0 Å². The number of ether oxygens (including phenoxy) is 4. The Labute approximate surface area is 496 Å². The van der Waals surface area contributed by atoms with E-state index in [4.69, 9.17) is 18.9 Å². The Kier molecular flexibility index (Phi) is 9.98. The second-order valence-corrected chi connectivity index (χ2v) is 22.9. The van der Waals surface area contributed by atoms with Gasteiger partial charge in [-0.1, -0.05) is 194 Å². The number of fused-ring (bicyclic) bond motifs is 15. The molecule has 0 radical (unpaired) electrons. The molecule has 0 amide bonds. The lowest BCUT2D eigenvalue weighted by Gasteiger charge is -2.33. The molecule has 8 heteroatoms. The van der Waals surface area contributed by atoms with Gasteiger partial charge in [0.2, 0.25) is 0 Å². The summed E-state index contributed by atoms with van der Waals surface area (Å²) >= 11 is 0. The van der Waals surface area contributed by atoms with Crippen molar-refractivity contribution in [1.29, 1.82) is 0 Å². The van der Waals surface area contributed by atoms with E-state index in [0.29, 0.717) is 0 Å². The van der Waals surface area contributed by atoms with E-state index >= 15 is 0 Å². The number of hydrogen-bond donors (Lipinski definition) is 0. The lowest BCUT2D eigenvalue weighted by atomic mass is 9.35. The molecule has 6 nitrogen and oxygen atoms in total. The molecular weight excluding hydrogens is 1050 g/mol. The fraction of sp³-hybridized carbons (Fsp3) is 0. The summed E-state index contributed by atoms with van der Waals surface area (Å²) in [7, 11) is 0. The van der Waals surface area contributed by atoms with Crippen molar-refractivity contribution in [3.05, 3.63) is 279 Å². The third kappa shape index (κ3) is 6.75. The van der Waals surface area contributed by atoms with Crippen LogP contribution in [-0.2, 0) is 0 Å². The topological polar surface area (TPSA) is 46.8 Å². The van der Waals surface area contributed by atoms with Crippen molar-refractivity contribution in [2.24, 2.45) is 0 Å². The Morgan fingerprint density at radius 3 is 1.13 bits per heavy atom. The van der Waals surface area contributed by atoms with E-state index in [-0.39, 0.29) is 13.4 Å². The maximum atomic E-state index is 6.96. The fourth-order valence-electron chi connectivity index (χ4n) is 14.8. The molecule has 0 saturated carbocycles. The Morgan fingerprint density at radius 1 is 0.244 bits per heavy atom. The Bertz CT molecular complexity index is 5260. The molecule has 6 heterocycles. The Hall–Kier alpha value is -11.2. The Balaban J connectivity index is 0.902. The molecule has 0 saturated heterocycles. The van der Waals surface area contributed by atoms with Gasteiger partial charge in [0.1, 0.15) is 46.0 Å². The first kappa shape index (κ1) is 47.3. The molecule has 15 aromatic rings. The van der Waals surface area contributed by atoms with Crippen molar-refractivity contribution in [2.75, 3.05) is 0 Å². The van der Waals surface area contributed by atoms with Gasteiger partial charge in [-0.3, -0.25) is 0 Å². The molecule has 19 rings (SSSR count). The molecule has 0 aliphatic carbocycles. The van der Waals surface area contributed by atoms with Gasteiger partial charge in [-0.2, -0.15) is 0 Å². The van der Waals surface area contributed by atoms with Crippen LogP contribution in [0.5, 0.6) is 46.0 Å². The summed E-state index contributed by atoms with van der Waals surface area (Å²) < 4.78 is 32.8. The van der Waals surface area contributed by atoms with Gasteiger partial charge in [0.05, 0.1) is 22.1 Å². The number of para-hydroxylation sites is 8. The van der Waals surface area contributed by atoms with Gasteiger partial charge in [0.25, 0.3) is 13.4 Å². The zero-order chi connectivity index (χ0) is 56.1. The summed E-state index contributed by atoms with van der Waals surface area (Å²) in [5, 5.41) is 4.61. The largest absolute Gasteiger partial charge is 0.458 e. The van der Waals surface area contributed by atoms with Gasteiger partial charge in [0.15, 0.2) is 0 Å². The Morgan fingerprint density at radius 2 is 0.628 bits per heavy atom. The lowest BCUT2D eigenvalue weighted by molar-refractivity contribution is 0.464. The van der Waals surface area contributed by atoms with E-state index in [0.717, 1.165) is 173 Å². The number of aromatic nitrogens is 2. The second-order valence-electron chi connectivity index (χ2n) is 22.9. The van der Waals surface area contributed by atoms with Crippen LogP contribution in [0.4, 0.5) is 0 Å². The van der Waals surface area contributed by atoms with Crippen molar-refractivity contribution in [3.8, 4) is 102 Å². The number of nitrogens with zero attached hydrogens (tertiary/aromatic N) is 2. The van der Waals surface area contributed by atoms with Crippen LogP contribution >= 0.6 is 0 Å². The highest BCUT2D eigenvalue weighted by Crippen LogP contribution is 2.52. The van der Waals surface area contributed by atoms with E-state index in [2.05, 4.69) is 288 Å². The van der Waals surface area contributed by atoms with Gasteiger partial charge < -0.3 is 28.1 Å². The molecule has 0 bridgehead atoms. The van der Waals surface area contributed by atoms with Crippen LogP contribution in [0.15, 0.2) is 279 Å². The summed E-state index contributed by atoms with van der Waals surface area (Å²) in [5.74, 6) is 6.65. The van der Waals surface area contributed by atoms with E-state index < -0.39 is 0 Å². The second kappa shape index (κ2) is 18.1. The van der Waals surface area contributed by atoms with E-state index in [1.165, 1.54) is 5.39 Å². The highest BCUT2D eigenvalue weighted by Gasteiger charge is 2.42. The van der Waals surface area contributed by atoms with Gasteiger partial charge in [-0.15, -0.1) is 0 Å². The molecule has 0 unspecified atom stereocenters. The molecule has 0 spiro atoms. The van der Waals surface area contributed by atoms with Gasteiger partial charge in [-0.25, -0.2) is 0 Å². The van der Waals surface area contributed by atoms with Crippen LogP contribution in [0.25, 0.3) is 99.5 Å². The number of rotatable bonds is 6. The van der Waals surface area contributed by atoms with E-state index in [1.807, 2.05) is 0 Å². The standard InChI is InChI=1S/C78H46B2N2O4/c1-3-22-49(23-4-1)81-64-37-16-11-30-55(64)59-46-58(54-29-10-8-27-52(54)48-44-71-75-72(45-48)86-68-41-20-15-36-63(68)80(75)62-35-14-19-40-67(62)85-71)78-73(77(59)81)57-32-21-31-56(76(57)82(78)50-24-5-2-6-25-50)53-28-9-7-26-51(53)47-42-69-74-70(43-47)84-66-39-18-13-34-61(66)79(74)60-33-12-17-38-65(60)83-69/h1-46H. The highest BCUT2D eigenvalue weighted by molar-refractivity contribution is 6.99. The summed E-state index contributed by atoms with van der Waals surface area (Å²) in [4.78, 5) is 0. The monoisotopic (exact) mass is 1100 g/mol. The molecule has 398 valence electrons. The highest BCUT2D eigenvalue weighted by atomic mass is 16.5. The van der Waals surface area contributed by atoms with Crippen molar-refractivity contribution in [2.45, 2.75) is 0 Å².